The lowest BCUT2D eigenvalue weighted by Crippen LogP contribution is -2.10. The number of nitrogens with zero attached hydrogens (tertiary/aromatic N) is 2. The summed E-state index contributed by atoms with van der Waals surface area (Å²) >= 11 is 1.75. The number of thioether (sulfide) groups is 1. The number of hydrogen-bond acceptors (Lipinski definition) is 4. The van der Waals surface area contributed by atoms with Gasteiger partial charge in [0.25, 0.3) is 0 Å². The molecule has 1 aromatic rings. The second-order valence-corrected chi connectivity index (χ2v) is 5.97. The normalized spacial score (nSPS) is 11.2. The summed E-state index contributed by atoms with van der Waals surface area (Å²) in [5, 5.41) is 9.55. The second-order valence-electron chi connectivity index (χ2n) is 4.40. The molecule has 0 atom stereocenters. The van der Waals surface area contributed by atoms with E-state index in [1.165, 1.54) is 6.20 Å². The molecule has 5 heteroatoms. The summed E-state index contributed by atoms with van der Waals surface area (Å²) in [7, 11) is 0. The maximum atomic E-state index is 11.0. The summed E-state index contributed by atoms with van der Waals surface area (Å²) in [6, 6.07) is 0. The zero-order valence-electron chi connectivity index (χ0n) is 10.6. The monoisotopic (exact) mass is 254 g/mol. The average molecular weight is 254 g/mol. The van der Waals surface area contributed by atoms with Crippen LogP contribution in [0, 0.1) is 0 Å². The zero-order valence-corrected chi connectivity index (χ0v) is 11.4. The summed E-state index contributed by atoms with van der Waals surface area (Å²) in [5.41, 5.74) is 0.824. The smallest absolute Gasteiger partial charge is 0.339 e. The number of carboxylic acids is 1. The molecule has 17 heavy (non-hydrogen) atoms. The summed E-state index contributed by atoms with van der Waals surface area (Å²) in [4.78, 5) is 19.5. The lowest BCUT2D eigenvalue weighted by atomic mass is 10.1. The van der Waals surface area contributed by atoms with Crippen molar-refractivity contribution in [1.82, 2.24) is 9.97 Å². The molecule has 0 radical (unpaired) electrons. The molecule has 94 valence electrons. The molecular formula is C12H18N2O2S. The first-order valence-electron chi connectivity index (χ1n) is 5.62. The molecule has 4 nitrogen and oxygen atoms in total. The lowest BCUT2D eigenvalue weighted by molar-refractivity contribution is 0.0694. The van der Waals surface area contributed by atoms with Crippen molar-refractivity contribution in [3.05, 3.63) is 23.3 Å². The molecule has 0 aliphatic carbocycles. The van der Waals surface area contributed by atoms with Crippen LogP contribution >= 0.6 is 11.8 Å². The maximum absolute atomic E-state index is 11.0. The third kappa shape index (κ3) is 4.00. The first-order chi connectivity index (χ1) is 7.91. The molecule has 0 spiro atoms. The Morgan fingerprint density at radius 1 is 1.41 bits per heavy atom. The Hall–Kier alpha value is -1.10. The molecule has 0 aliphatic rings. The van der Waals surface area contributed by atoms with Gasteiger partial charge < -0.3 is 5.11 Å². The van der Waals surface area contributed by atoms with Crippen LogP contribution < -0.4 is 0 Å². The standard InChI is InChI=1S/C12H18N2O2S/c1-7(2)11-9(12(15)16)5-13-10(14-11)6-17-8(3)4/h5,7-8H,6H2,1-4H3,(H,15,16). The molecular weight excluding hydrogens is 236 g/mol. The van der Waals surface area contributed by atoms with E-state index in [1.807, 2.05) is 13.8 Å². The minimum Gasteiger partial charge on any atom is -0.478 e. The summed E-state index contributed by atoms with van der Waals surface area (Å²) in [6.07, 6.45) is 1.42. The van der Waals surface area contributed by atoms with E-state index in [2.05, 4.69) is 23.8 Å². The molecule has 0 unspecified atom stereocenters. The topological polar surface area (TPSA) is 63.1 Å². The van der Waals surface area contributed by atoms with Crippen LogP contribution in [0.5, 0.6) is 0 Å². The Morgan fingerprint density at radius 2 is 2.06 bits per heavy atom. The predicted octanol–water partition coefficient (Wildman–Crippen LogP) is 2.94. The summed E-state index contributed by atoms with van der Waals surface area (Å²) in [6.45, 7) is 8.10. The van der Waals surface area contributed by atoms with Crippen molar-refractivity contribution >= 4 is 17.7 Å². The molecule has 0 amide bonds. The van der Waals surface area contributed by atoms with Crippen LogP contribution in [0.15, 0.2) is 6.20 Å². The van der Waals surface area contributed by atoms with Crippen LogP contribution in [0.2, 0.25) is 0 Å². The van der Waals surface area contributed by atoms with E-state index in [1.54, 1.807) is 11.8 Å². The van der Waals surface area contributed by atoms with E-state index in [0.717, 1.165) is 5.75 Å². The van der Waals surface area contributed by atoms with Gasteiger partial charge in [0.2, 0.25) is 0 Å². The van der Waals surface area contributed by atoms with Crippen LogP contribution in [0.4, 0.5) is 0 Å². The highest BCUT2D eigenvalue weighted by molar-refractivity contribution is 7.99. The Balaban J connectivity index is 2.97. The van der Waals surface area contributed by atoms with Crippen molar-refractivity contribution in [2.45, 2.75) is 44.6 Å². The van der Waals surface area contributed by atoms with Crippen molar-refractivity contribution in [2.75, 3.05) is 0 Å². The molecule has 0 bridgehead atoms. The predicted molar refractivity (Wildman–Crippen MR) is 69.5 cm³/mol. The van der Waals surface area contributed by atoms with Gasteiger partial charge >= 0.3 is 5.97 Å². The van der Waals surface area contributed by atoms with E-state index < -0.39 is 5.97 Å². The van der Waals surface area contributed by atoms with Crippen molar-refractivity contribution in [1.29, 1.82) is 0 Å². The number of carbonyl (C=O) groups is 1. The quantitative estimate of drug-likeness (QED) is 0.875. The summed E-state index contributed by atoms with van der Waals surface area (Å²) < 4.78 is 0. The molecule has 1 heterocycles. The van der Waals surface area contributed by atoms with Gasteiger partial charge in [0.1, 0.15) is 5.82 Å². The van der Waals surface area contributed by atoms with Gasteiger partial charge in [-0.05, 0) is 11.2 Å². The van der Waals surface area contributed by atoms with Crippen LogP contribution in [-0.4, -0.2) is 26.3 Å². The number of carboxylic acid groups (broad SMARTS) is 1. The Bertz CT molecular complexity index is 405. The van der Waals surface area contributed by atoms with Crippen LogP contribution in [0.3, 0.4) is 0 Å². The van der Waals surface area contributed by atoms with Gasteiger partial charge in [0, 0.05) is 6.20 Å². The number of hydrogen-bond donors (Lipinski definition) is 1. The van der Waals surface area contributed by atoms with Crippen LogP contribution in [0.25, 0.3) is 0 Å². The van der Waals surface area contributed by atoms with Gasteiger partial charge in [0.15, 0.2) is 0 Å². The fourth-order valence-electron chi connectivity index (χ4n) is 1.35. The lowest BCUT2D eigenvalue weighted by Gasteiger charge is -2.10. The third-order valence-electron chi connectivity index (χ3n) is 2.19. The van der Waals surface area contributed by atoms with E-state index in [4.69, 9.17) is 5.11 Å². The zero-order chi connectivity index (χ0) is 13.0. The first kappa shape index (κ1) is 14.0. The minimum atomic E-state index is -0.961. The Labute approximate surface area is 106 Å². The van der Waals surface area contributed by atoms with Crippen LogP contribution in [-0.2, 0) is 5.75 Å². The molecule has 1 N–H and O–H groups in total. The maximum Gasteiger partial charge on any atom is 0.339 e. The van der Waals surface area contributed by atoms with Crippen molar-refractivity contribution in [2.24, 2.45) is 0 Å². The van der Waals surface area contributed by atoms with Gasteiger partial charge in [-0.3, -0.25) is 0 Å². The number of rotatable bonds is 5. The highest BCUT2D eigenvalue weighted by Crippen LogP contribution is 2.19. The van der Waals surface area contributed by atoms with E-state index >= 15 is 0 Å². The second kappa shape index (κ2) is 6.00. The van der Waals surface area contributed by atoms with Gasteiger partial charge in [-0.15, -0.1) is 0 Å². The molecule has 0 saturated heterocycles. The molecule has 1 rings (SSSR count). The molecule has 0 fully saturated rings. The molecule has 0 aromatic carbocycles. The van der Waals surface area contributed by atoms with Crippen LogP contribution in [0.1, 0.15) is 55.5 Å². The van der Waals surface area contributed by atoms with Crippen molar-refractivity contribution < 1.29 is 9.90 Å². The third-order valence-corrected chi connectivity index (χ3v) is 3.28. The van der Waals surface area contributed by atoms with Crippen molar-refractivity contribution in [3.8, 4) is 0 Å². The Kier molecular flexibility index (Phi) is 4.93. The van der Waals surface area contributed by atoms with E-state index in [9.17, 15) is 4.79 Å². The highest BCUT2D eigenvalue weighted by Gasteiger charge is 2.16. The largest absolute Gasteiger partial charge is 0.478 e. The van der Waals surface area contributed by atoms with E-state index in [0.29, 0.717) is 16.8 Å². The molecule has 0 aliphatic heterocycles. The SMILES string of the molecule is CC(C)SCc1ncc(C(=O)O)c(C(C)C)n1. The van der Waals surface area contributed by atoms with E-state index in [-0.39, 0.29) is 11.5 Å². The minimum absolute atomic E-state index is 0.0897. The number of aromatic nitrogens is 2. The fourth-order valence-corrected chi connectivity index (χ4v) is 1.97. The van der Waals surface area contributed by atoms with Gasteiger partial charge in [0.05, 0.1) is 17.0 Å². The van der Waals surface area contributed by atoms with Crippen molar-refractivity contribution in [3.63, 3.8) is 0 Å². The Morgan fingerprint density at radius 3 is 2.53 bits per heavy atom. The average Bonchev–Trinajstić information content (AvgIpc) is 2.25. The fraction of sp³-hybridized carbons (Fsp3) is 0.583. The first-order valence-corrected chi connectivity index (χ1v) is 6.67. The van der Waals surface area contributed by atoms with Gasteiger partial charge in [-0.2, -0.15) is 11.8 Å². The number of aromatic carboxylic acids is 1. The molecule has 1 aromatic heterocycles. The van der Waals surface area contributed by atoms with Gasteiger partial charge in [-0.1, -0.05) is 27.7 Å². The van der Waals surface area contributed by atoms with Gasteiger partial charge in [-0.25, -0.2) is 14.8 Å². The summed E-state index contributed by atoms with van der Waals surface area (Å²) in [5.74, 6) is 0.554. The highest BCUT2D eigenvalue weighted by atomic mass is 32.2. The molecule has 0 saturated carbocycles.